The molecular weight excluding hydrogens is 254 g/mol. The maximum absolute atomic E-state index is 5.98. The summed E-state index contributed by atoms with van der Waals surface area (Å²) in [5, 5.41) is 4.40. The molecule has 0 bridgehead atoms. The standard InChI is InChI=1S/C17H20ClN/c1-3-12-19-17(14-8-10-15(18)11-9-14)16-7-5-4-6-13(16)2/h4-11,17,19H,3,12H2,1-2H3. The molecule has 0 aliphatic carbocycles. The fraction of sp³-hybridized carbons (Fsp3) is 0.294. The van der Waals surface area contributed by atoms with E-state index in [0.717, 1.165) is 18.0 Å². The molecule has 19 heavy (non-hydrogen) atoms. The van der Waals surface area contributed by atoms with Gasteiger partial charge in [0.05, 0.1) is 6.04 Å². The Hall–Kier alpha value is -1.31. The minimum absolute atomic E-state index is 0.235. The Labute approximate surface area is 120 Å². The second-order valence-corrected chi connectivity index (χ2v) is 5.23. The molecule has 0 spiro atoms. The largest absolute Gasteiger partial charge is 0.306 e. The van der Waals surface area contributed by atoms with E-state index in [1.54, 1.807) is 0 Å². The number of rotatable bonds is 5. The van der Waals surface area contributed by atoms with Gasteiger partial charge in [-0.2, -0.15) is 0 Å². The molecule has 2 aromatic rings. The molecule has 2 heteroatoms. The van der Waals surface area contributed by atoms with Crippen LogP contribution in [0.2, 0.25) is 5.02 Å². The second-order valence-electron chi connectivity index (χ2n) is 4.80. The van der Waals surface area contributed by atoms with Crippen molar-refractivity contribution in [3.63, 3.8) is 0 Å². The molecule has 0 aliphatic rings. The molecule has 2 rings (SSSR count). The molecule has 0 heterocycles. The van der Waals surface area contributed by atoms with Crippen LogP contribution in [-0.4, -0.2) is 6.54 Å². The third-order valence-electron chi connectivity index (χ3n) is 3.30. The molecule has 0 saturated heterocycles. The SMILES string of the molecule is CCCNC(c1ccc(Cl)cc1)c1ccccc1C. The van der Waals surface area contributed by atoms with E-state index in [2.05, 4.69) is 55.6 Å². The molecule has 0 radical (unpaired) electrons. The summed E-state index contributed by atoms with van der Waals surface area (Å²) in [4.78, 5) is 0. The predicted octanol–water partition coefficient (Wildman–Crippen LogP) is 4.74. The zero-order valence-electron chi connectivity index (χ0n) is 11.5. The van der Waals surface area contributed by atoms with E-state index in [1.807, 2.05) is 12.1 Å². The fourth-order valence-corrected chi connectivity index (χ4v) is 2.39. The summed E-state index contributed by atoms with van der Waals surface area (Å²) < 4.78 is 0. The van der Waals surface area contributed by atoms with Crippen LogP contribution in [0.15, 0.2) is 48.5 Å². The number of hydrogen-bond donors (Lipinski definition) is 1. The molecule has 2 aromatic carbocycles. The van der Waals surface area contributed by atoms with Gasteiger partial charge in [0.2, 0.25) is 0 Å². The van der Waals surface area contributed by atoms with Crippen LogP contribution in [0.4, 0.5) is 0 Å². The van der Waals surface area contributed by atoms with Crippen LogP contribution in [0.1, 0.15) is 36.1 Å². The first-order chi connectivity index (χ1) is 9.22. The quantitative estimate of drug-likeness (QED) is 0.830. The van der Waals surface area contributed by atoms with Crippen molar-refractivity contribution in [3.05, 3.63) is 70.2 Å². The van der Waals surface area contributed by atoms with Gasteiger partial charge in [0.15, 0.2) is 0 Å². The van der Waals surface area contributed by atoms with Crippen LogP contribution >= 0.6 is 11.6 Å². The van der Waals surface area contributed by atoms with Gasteiger partial charge in [0.1, 0.15) is 0 Å². The first-order valence-corrected chi connectivity index (χ1v) is 7.14. The van der Waals surface area contributed by atoms with Gasteiger partial charge in [0.25, 0.3) is 0 Å². The number of aryl methyl sites for hydroxylation is 1. The molecule has 1 atom stereocenters. The van der Waals surface area contributed by atoms with Gasteiger partial charge in [-0.1, -0.05) is 54.9 Å². The summed E-state index contributed by atoms with van der Waals surface area (Å²) in [5.74, 6) is 0. The molecule has 1 unspecified atom stereocenters. The highest BCUT2D eigenvalue weighted by molar-refractivity contribution is 6.30. The lowest BCUT2D eigenvalue weighted by Gasteiger charge is -2.21. The van der Waals surface area contributed by atoms with Crippen LogP contribution in [0.5, 0.6) is 0 Å². The first kappa shape index (κ1) is 14.1. The van der Waals surface area contributed by atoms with E-state index in [0.29, 0.717) is 0 Å². The van der Waals surface area contributed by atoms with Crippen molar-refractivity contribution in [1.29, 1.82) is 0 Å². The predicted molar refractivity (Wildman–Crippen MR) is 82.8 cm³/mol. The smallest absolute Gasteiger partial charge is 0.0579 e. The molecule has 0 fully saturated rings. The van der Waals surface area contributed by atoms with Gasteiger partial charge in [-0.15, -0.1) is 0 Å². The van der Waals surface area contributed by atoms with Crippen LogP contribution < -0.4 is 5.32 Å². The average molecular weight is 274 g/mol. The third kappa shape index (κ3) is 3.59. The van der Waals surface area contributed by atoms with Crippen molar-refractivity contribution >= 4 is 11.6 Å². The molecule has 0 aliphatic heterocycles. The zero-order chi connectivity index (χ0) is 13.7. The Morgan fingerprint density at radius 3 is 2.37 bits per heavy atom. The Morgan fingerprint density at radius 1 is 1.05 bits per heavy atom. The highest BCUT2D eigenvalue weighted by atomic mass is 35.5. The van der Waals surface area contributed by atoms with Crippen molar-refractivity contribution in [1.82, 2.24) is 5.32 Å². The van der Waals surface area contributed by atoms with Gasteiger partial charge >= 0.3 is 0 Å². The summed E-state index contributed by atoms with van der Waals surface area (Å²) in [7, 11) is 0. The number of halogens is 1. The summed E-state index contributed by atoms with van der Waals surface area (Å²) in [6.45, 7) is 5.34. The van der Waals surface area contributed by atoms with Crippen molar-refractivity contribution in [2.24, 2.45) is 0 Å². The minimum atomic E-state index is 0.235. The maximum atomic E-state index is 5.98. The van der Waals surface area contributed by atoms with Crippen LogP contribution in [0, 0.1) is 6.92 Å². The Balaban J connectivity index is 2.35. The van der Waals surface area contributed by atoms with Crippen molar-refractivity contribution in [3.8, 4) is 0 Å². The van der Waals surface area contributed by atoms with E-state index >= 15 is 0 Å². The van der Waals surface area contributed by atoms with Gasteiger partial charge in [-0.05, 0) is 48.7 Å². The third-order valence-corrected chi connectivity index (χ3v) is 3.55. The van der Waals surface area contributed by atoms with Crippen molar-refractivity contribution in [2.45, 2.75) is 26.3 Å². The topological polar surface area (TPSA) is 12.0 Å². The molecule has 0 saturated carbocycles. The maximum Gasteiger partial charge on any atom is 0.0579 e. The normalized spacial score (nSPS) is 12.4. The molecule has 0 amide bonds. The number of nitrogens with one attached hydrogen (secondary N) is 1. The Morgan fingerprint density at radius 2 is 1.74 bits per heavy atom. The number of benzene rings is 2. The van der Waals surface area contributed by atoms with E-state index in [-0.39, 0.29) is 6.04 Å². The Kier molecular flexibility index (Phi) is 5.00. The van der Waals surface area contributed by atoms with Crippen molar-refractivity contribution < 1.29 is 0 Å². The highest BCUT2D eigenvalue weighted by Gasteiger charge is 2.14. The van der Waals surface area contributed by atoms with Crippen LogP contribution in [0.25, 0.3) is 0 Å². The average Bonchev–Trinajstić information content (AvgIpc) is 2.43. The summed E-state index contributed by atoms with van der Waals surface area (Å²) in [5.41, 5.74) is 3.90. The molecule has 1 N–H and O–H groups in total. The monoisotopic (exact) mass is 273 g/mol. The first-order valence-electron chi connectivity index (χ1n) is 6.76. The lowest BCUT2D eigenvalue weighted by atomic mass is 9.95. The van der Waals surface area contributed by atoms with E-state index in [4.69, 9.17) is 11.6 Å². The summed E-state index contributed by atoms with van der Waals surface area (Å²) >= 11 is 5.98. The van der Waals surface area contributed by atoms with E-state index in [9.17, 15) is 0 Å². The molecular formula is C17H20ClN. The molecule has 100 valence electrons. The lowest BCUT2D eigenvalue weighted by Crippen LogP contribution is -2.23. The highest BCUT2D eigenvalue weighted by Crippen LogP contribution is 2.25. The molecule has 0 aromatic heterocycles. The van der Waals surface area contributed by atoms with Gasteiger partial charge in [-0.25, -0.2) is 0 Å². The lowest BCUT2D eigenvalue weighted by molar-refractivity contribution is 0.596. The summed E-state index contributed by atoms with van der Waals surface area (Å²) in [6.07, 6.45) is 1.12. The zero-order valence-corrected chi connectivity index (χ0v) is 12.2. The fourth-order valence-electron chi connectivity index (χ4n) is 2.26. The van der Waals surface area contributed by atoms with E-state index in [1.165, 1.54) is 16.7 Å². The Bertz CT molecular complexity index is 519. The van der Waals surface area contributed by atoms with Gasteiger partial charge in [-0.3, -0.25) is 0 Å². The second kappa shape index (κ2) is 6.74. The number of hydrogen-bond acceptors (Lipinski definition) is 1. The van der Waals surface area contributed by atoms with Crippen LogP contribution in [-0.2, 0) is 0 Å². The summed E-state index contributed by atoms with van der Waals surface area (Å²) in [6, 6.07) is 16.9. The van der Waals surface area contributed by atoms with E-state index < -0.39 is 0 Å². The van der Waals surface area contributed by atoms with Gasteiger partial charge < -0.3 is 5.32 Å². The van der Waals surface area contributed by atoms with Gasteiger partial charge in [0, 0.05) is 5.02 Å². The minimum Gasteiger partial charge on any atom is -0.306 e. The van der Waals surface area contributed by atoms with Crippen LogP contribution in [0.3, 0.4) is 0 Å². The van der Waals surface area contributed by atoms with Crippen molar-refractivity contribution in [2.75, 3.05) is 6.54 Å². The molecule has 1 nitrogen and oxygen atoms in total.